The molecule has 1 aliphatic carbocycles. The summed E-state index contributed by atoms with van der Waals surface area (Å²) in [6, 6.07) is 22.7. The van der Waals surface area contributed by atoms with Crippen molar-refractivity contribution in [3.05, 3.63) is 128 Å². The maximum Gasteiger partial charge on any atom is 0.180 e. The van der Waals surface area contributed by atoms with Crippen molar-refractivity contribution in [2.24, 2.45) is 20.1 Å². The lowest BCUT2D eigenvalue weighted by Gasteiger charge is -2.36. The molecule has 2 heterocycles. The number of benzene rings is 3. The predicted octanol–water partition coefficient (Wildman–Crippen LogP) is 5.76. The molecule has 2 aliphatic heterocycles. The van der Waals surface area contributed by atoms with Gasteiger partial charge < -0.3 is 0 Å². The average Bonchev–Trinajstić information content (AvgIpc) is 3.58. The van der Waals surface area contributed by atoms with E-state index in [4.69, 9.17) is 15.0 Å². The van der Waals surface area contributed by atoms with Gasteiger partial charge in [-0.15, -0.1) is 5.12 Å². The molecule has 1 N–H and O–H groups in total. The van der Waals surface area contributed by atoms with Crippen LogP contribution in [0.2, 0.25) is 0 Å². The van der Waals surface area contributed by atoms with E-state index in [2.05, 4.69) is 98.9 Å². The Hall–Kier alpha value is -4.88. The molecule has 0 saturated heterocycles. The van der Waals surface area contributed by atoms with Crippen molar-refractivity contribution < 1.29 is 0 Å². The molecule has 6 rings (SSSR count). The lowest BCUT2D eigenvalue weighted by Crippen LogP contribution is -2.48. The van der Waals surface area contributed by atoms with Crippen molar-refractivity contribution >= 4 is 36.5 Å². The zero-order chi connectivity index (χ0) is 30.8. The normalized spacial score (nSPS) is 19.2. The second-order valence-electron chi connectivity index (χ2n) is 11.3. The van der Waals surface area contributed by atoms with Gasteiger partial charge in [-0.25, -0.2) is 15.0 Å². The van der Waals surface area contributed by atoms with Gasteiger partial charge in [-0.3, -0.25) is 10.3 Å². The van der Waals surface area contributed by atoms with Crippen LogP contribution in [0, 0.1) is 6.92 Å². The van der Waals surface area contributed by atoms with Crippen LogP contribution >= 0.6 is 0 Å². The summed E-state index contributed by atoms with van der Waals surface area (Å²) in [5, 5.41) is 14.0. The lowest BCUT2D eigenvalue weighted by atomic mass is 9.95. The van der Waals surface area contributed by atoms with E-state index in [0.717, 1.165) is 63.6 Å². The molecule has 1 atom stereocenters. The molecule has 0 aromatic heterocycles. The Morgan fingerprint density at radius 1 is 1.05 bits per heavy atom. The first-order chi connectivity index (χ1) is 21.4. The fourth-order valence-corrected chi connectivity index (χ4v) is 6.28. The highest BCUT2D eigenvalue weighted by molar-refractivity contribution is 6.14. The van der Waals surface area contributed by atoms with Crippen molar-refractivity contribution in [2.75, 3.05) is 6.54 Å². The van der Waals surface area contributed by atoms with Crippen molar-refractivity contribution in [2.45, 2.75) is 53.2 Å². The maximum absolute atomic E-state index is 5.32. The molecule has 3 aromatic carbocycles. The number of rotatable bonds is 7. The highest BCUT2D eigenvalue weighted by Gasteiger charge is 2.41. The molecule has 0 amide bonds. The van der Waals surface area contributed by atoms with Crippen LogP contribution in [-0.4, -0.2) is 40.8 Å². The Bertz CT molecular complexity index is 1890. The van der Waals surface area contributed by atoms with Gasteiger partial charge in [-0.1, -0.05) is 92.4 Å². The number of hydrazone groups is 1. The van der Waals surface area contributed by atoms with Crippen molar-refractivity contribution in [1.82, 2.24) is 15.4 Å². The van der Waals surface area contributed by atoms with Crippen LogP contribution in [0.3, 0.4) is 0 Å². The van der Waals surface area contributed by atoms with E-state index in [9.17, 15) is 0 Å². The summed E-state index contributed by atoms with van der Waals surface area (Å²) >= 11 is 0. The van der Waals surface area contributed by atoms with E-state index in [1.165, 1.54) is 16.7 Å². The number of fused-ring (bicyclic) bond motifs is 2. The summed E-state index contributed by atoms with van der Waals surface area (Å²) in [4.78, 5) is 15.5. The third-order valence-electron chi connectivity index (χ3n) is 8.47. The van der Waals surface area contributed by atoms with Gasteiger partial charge in [0.05, 0.1) is 6.54 Å². The number of nitrogens with one attached hydrogen (secondary N) is 1. The molecule has 7 nitrogen and oxygen atoms in total. The Balaban J connectivity index is 1.61. The molecular weight excluding hydrogens is 542 g/mol. The lowest BCUT2D eigenvalue weighted by molar-refractivity contribution is 0.0623. The first kappa shape index (κ1) is 29.2. The number of aliphatic imine (C=N–C) groups is 3. The van der Waals surface area contributed by atoms with Gasteiger partial charge in [-0.2, -0.15) is 5.10 Å². The molecular formula is C37H39N7. The maximum atomic E-state index is 5.32. The second kappa shape index (κ2) is 12.4. The topological polar surface area (TPSA) is 68.0 Å². The van der Waals surface area contributed by atoms with Gasteiger partial charge in [0.15, 0.2) is 17.5 Å². The van der Waals surface area contributed by atoms with Gasteiger partial charge in [0, 0.05) is 34.3 Å². The van der Waals surface area contributed by atoms with E-state index in [1.54, 1.807) is 5.12 Å². The predicted molar refractivity (Wildman–Crippen MR) is 183 cm³/mol. The van der Waals surface area contributed by atoms with E-state index in [0.29, 0.717) is 18.2 Å². The summed E-state index contributed by atoms with van der Waals surface area (Å²) < 4.78 is 0. The minimum Gasteiger partial charge on any atom is -0.292 e. The number of nitrogens with zero attached hydrogens (tertiary/aromatic N) is 6. The molecule has 44 heavy (non-hydrogen) atoms. The highest BCUT2D eigenvalue weighted by atomic mass is 15.8. The quantitative estimate of drug-likeness (QED) is 0.285. The minimum absolute atomic E-state index is 0.265. The molecule has 0 radical (unpaired) electrons. The van der Waals surface area contributed by atoms with Crippen LogP contribution in [0.1, 0.15) is 67.6 Å². The standard InChI is InChI=1S/C37H39N7/c1-7-39-37-33-26(4)17-14-22-32(33)35(42-34-31-21-13-10-18-28(31)23-40-34)43(37)44(38-6)36(30-20-12-9-16-25(30)3)41-27(5)29-19-11-8-15-24(29)2/h8-10,12-18,20-22,37,39H,3,6-7,11,19,23H2,1-2,4-5H3/b36-30-,41-27?,42-35?. The van der Waals surface area contributed by atoms with Crippen molar-refractivity contribution in [3.63, 3.8) is 0 Å². The largest absolute Gasteiger partial charge is 0.292 e. The summed E-state index contributed by atoms with van der Waals surface area (Å²) in [6.07, 6.45) is 6.07. The first-order valence-electron chi connectivity index (χ1n) is 15.2. The SMILES string of the molecule is C=NN(/C(N=C(C)C1=C(C)C=CCC1)=c1/ccccc1=C)N1C(=NC2=NCc3ccccc32)c2cccc(C)c2C1NCC. The molecule has 0 saturated carbocycles. The number of hydrogen-bond donors (Lipinski definition) is 1. The molecule has 222 valence electrons. The van der Waals surface area contributed by atoms with Crippen LogP contribution < -0.4 is 15.8 Å². The third kappa shape index (κ3) is 5.24. The smallest absolute Gasteiger partial charge is 0.180 e. The van der Waals surface area contributed by atoms with Crippen LogP contribution in [0.5, 0.6) is 0 Å². The molecule has 0 spiro atoms. The number of hydrazine groups is 1. The zero-order valence-corrected chi connectivity index (χ0v) is 26.0. The van der Waals surface area contributed by atoms with E-state index in [-0.39, 0.29) is 6.17 Å². The molecule has 7 heteroatoms. The molecule has 0 fully saturated rings. The van der Waals surface area contributed by atoms with Gasteiger partial charge in [0.1, 0.15) is 6.17 Å². The summed E-state index contributed by atoms with van der Waals surface area (Å²) in [6.45, 7) is 18.3. The Kier molecular flexibility index (Phi) is 8.22. The van der Waals surface area contributed by atoms with Crippen molar-refractivity contribution in [1.29, 1.82) is 0 Å². The first-order valence-corrected chi connectivity index (χ1v) is 15.2. The van der Waals surface area contributed by atoms with E-state index >= 15 is 0 Å². The summed E-state index contributed by atoms with van der Waals surface area (Å²) in [5.41, 5.74) is 8.97. The van der Waals surface area contributed by atoms with E-state index < -0.39 is 0 Å². The third-order valence-corrected chi connectivity index (χ3v) is 8.47. The van der Waals surface area contributed by atoms with Crippen molar-refractivity contribution in [3.8, 4) is 0 Å². The summed E-state index contributed by atoms with van der Waals surface area (Å²) in [7, 11) is 0. The monoisotopic (exact) mass is 581 g/mol. The highest BCUT2D eigenvalue weighted by Crippen LogP contribution is 2.38. The Labute approximate surface area is 259 Å². The van der Waals surface area contributed by atoms with Crippen LogP contribution in [0.25, 0.3) is 12.4 Å². The summed E-state index contributed by atoms with van der Waals surface area (Å²) in [5.74, 6) is 2.08. The van der Waals surface area contributed by atoms with E-state index in [1.807, 2.05) is 36.4 Å². The molecule has 1 unspecified atom stereocenters. The Morgan fingerprint density at radius 2 is 1.82 bits per heavy atom. The van der Waals surface area contributed by atoms with Crippen LogP contribution in [0.15, 0.2) is 110 Å². The average molecular weight is 582 g/mol. The van der Waals surface area contributed by atoms with Gasteiger partial charge in [0.2, 0.25) is 0 Å². The van der Waals surface area contributed by atoms with Crippen LogP contribution in [0.4, 0.5) is 0 Å². The fourth-order valence-electron chi connectivity index (χ4n) is 6.28. The number of hydrogen-bond acceptors (Lipinski definition) is 6. The Morgan fingerprint density at radius 3 is 2.59 bits per heavy atom. The number of aryl methyl sites for hydroxylation is 1. The van der Waals surface area contributed by atoms with Crippen LogP contribution in [-0.2, 0) is 6.54 Å². The number of amidine groups is 2. The van der Waals surface area contributed by atoms with Gasteiger partial charge >= 0.3 is 0 Å². The molecule has 3 aliphatic rings. The zero-order valence-electron chi connectivity index (χ0n) is 26.0. The van der Waals surface area contributed by atoms with Gasteiger partial charge in [0.25, 0.3) is 0 Å². The molecule has 0 bridgehead atoms. The fraction of sp³-hybridized carbons (Fsp3) is 0.243. The second-order valence-corrected chi connectivity index (χ2v) is 11.3. The molecule has 3 aromatic rings. The number of allylic oxidation sites excluding steroid dienone is 4. The van der Waals surface area contributed by atoms with Gasteiger partial charge in [-0.05, 0) is 67.6 Å². The minimum atomic E-state index is -0.265.